The second kappa shape index (κ2) is 2.49. The summed E-state index contributed by atoms with van der Waals surface area (Å²) < 4.78 is 0. The Balaban J connectivity index is 2.11. The van der Waals surface area contributed by atoms with Gasteiger partial charge in [-0.15, -0.1) is 0 Å². The van der Waals surface area contributed by atoms with Crippen LogP contribution in [0.2, 0.25) is 0 Å². The van der Waals surface area contributed by atoms with Gasteiger partial charge in [0.05, 0.1) is 11.8 Å². The fraction of sp³-hybridized carbons (Fsp3) is 0.727. The molecule has 1 N–H and O–H groups in total. The number of fused-ring (bicyclic) bond motifs is 2. The topological polar surface area (TPSA) is 63.2 Å². The average molecular weight is 207 g/mol. The molecule has 80 valence electrons. The predicted octanol–water partition coefficient (Wildman–Crippen LogP) is 0.264. The Kier molecular flexibility index (Phi) is 1.50. The van der Waals surface area contributed by atoms with Gasteiger partial charge in [0, 0.05) is 12.3 Å². The van der Waals surface area contributed by atoms with E-state index in [0.717, 1.165) is 12.8 Å². The third-order valence-electron chi connectivity index (χ3n) is 4.39. The zero-order chi connectivity index (χ0) is 10.8. The Hall–Kier alpha value is -1.19. The highest BCUT2D eigenvalue weighted by atomic mass is 16.2. The van der Waals surface area contributed by atoms with Crippen molar-refractivity contribution in [2.45, 2.75) is 26.2 Å². The van der Waals surface area contributed by atoms with Crippen molar-refractivity contribution in [3.8, 4) is 0 Å². The lowest BCUT2D eigenvalue weighted by molar-refractivity contribution is -0.151. The molecule has 0 spiro atoms. The molecule has 1 aliphatic heterocycles. The van der Waals surface area contributed by atoms with E-state index in [9.17, 15) is 14.4 Å². The lowest BCUT2D eigenvalue weighted by Gasteiger charge is -2.49. The Labute approximate surface area is 87.4 Å². The number of carbonyl (C=O) groups is 3. The predicted molar refractivity (Wildman–Crippen MR) is 50.6 cm³/mol. The molecule has 4 rings (SSSR count). The summed E-state index contributed by atoms with van der Waals surface area (Å²) in [5.74, 6) is -1.02. The molecule has 0 aromatic rings. The normalized spacial score (nSPS) is 48.1. The van der Waals surface area contributed by atoms with Crippen LogP contribution in [0.4, 0.5) is 0 Å². The number of amides is 2. The number of hydrogen-bond donors (Lipinski definition) is 1. The van der Waals surface area contributed by atoms with Gasteiger partial charge in [-0.3, -0.25) is 19.7 Å². The van der Waals surface area contributed by atoms with Crippen molar-refractivity contribution in [2.24, 2.45) is 23.2 Å². The number of imide groups is 1. The lowest BCUT2D eigenvalue weighted by atomic mass is 9.51. The molecule has 4 nitrogen and oxygen atoms in total. The van der Waals surface area contributed by atoms with E-state index in [0.29, 0.717) is 6.42 Å². The first kappa shape index (κ1) is 9.07. The van der Waals surface area contributed by atoms with Crippen LogP contribution in [0.1, 0.15) is 26.2 Å². The van der Waals surface area contributed by atoms with Gasteiger partial charge in [0.25, 0.3) is 0 Å². The minimum absolute atomic E-state index is 0.162. The molecule has 4 fully saturated rings. The maximum absolute atomic E-state index is 11.8. The van der Waals surface area contributed by atoms with E-state index in [1.165, 1.54) is 0 Å². The number of ketones is 1. The van der Waals surface area contributed by atoms with E-state index in [-0.39, 0.29) is 40.8 Å². The van der Waals surface area contributed by atoms with E-state index >= 15 is 0 Å². The summed E-state index contributed by atoms with van der Waals surface area (Å²) in [6.45, 7) is 1.97. The largest absolute Gasteiger partial charge is 0.299 e. The summed E-state index contributed by atoms with van der Waals surface area (Å²) in [7, 11) is 0. The van der Waals surface area contributed by atoms with Crippen LogP contribution in [0.25, 0.3) is 0 Å². The monoisotopic (exact) mass is 207 g/mol. The van der Waals surface area contributed by atoms with Gasteiger partial charge in [-0.1, -0.05) is 6.92 Å². The molecule has 3 saturated carbocycles. The number of rotatable bonds is 0. The van der Waals surface area contributed by atoms with Crippen molar-refractivity contribution < 1.29 is 14.4 Å². The summed E-state index contributed by atoms with van der Waals surface area (Å²) in [4.78, 5) is 35.1. The maximum Gasteiger partial charge on any atom is 0.231 e. The van der Waals surface area contributed by atoms with Crippen LogP contribution in [0, 0.1) is 23.2 Å². The van der Waals surface area contributed by atoms with Gasteiger partial charge in [-0.25, -0.2) is 0 Å². The fourth-order valence-corrected chi connectivity index (χ4v) is 3.67. The van der Waals surface area contributed by atoms with Crippen molar-refractivity contribution in [3.63, 3.8) is 0 Å². The molecule has 4 atom stereocenters. The first-order chi connectivity index (χ1) is 7.03. The van der Waals surface area contributed by atoms with Gasteiger partial charge >= 0.3 is 0 Å². The molecule has 1 saturated heterocycles. The van der Waals surface area contributed by atoms with Crippen LogP contribution in [0.15, 0.2) is 0 Å². The second-order valence-electron chi connectivity index (χ2n) is 5.30. The van der Waals surface area contributed by atoms with E-state index in [4.69, 9.17) is 0 Å². The van der Waals surface area contributed by atoms with Crippen molar-refractivity contribution >= 4 is 17.6 Å². The third kappa shape index (κ3) is 0.945. The van der Waals surface area contributed by atoms with E-state index < -0.39 is 0 Å². The fourth-order valence-electron chi connectivity index (χ4n) is 3.67. The molecule has 0 radical (unpaired) electrons. The van der Waals surface area contributed by atoms with Crippen molar-refractivity contribution in [1.82, 2.24) is 5.32 Å². The molecular formula is C11H13NO3. The van der Waals surface area contributed by atoms with Crippen molar-refractivity contribution in [1.29, 1.82) is 0 Å². The van der Waals surface area contributed by atoms with Gasteiger partial charge in [0.2, 0.25) is 11.8 Å². The molecule has 4 unspecified atom stereocenters. The average Bonchev–Trinajstić information content (AvgIpc) is 2.43. The number of nitrogens with one attached hydrogen (secondary N) is 1. The number of Topliss-reactive ketones (excluding diaryl/α,β-unsaturated/α-hetero) is 1. The van der Waals surface area contributed by atoms with Crippen LogP contribution in [0.3, 0.4) is 0 Å². The van der Waals surface area contributed by atoms with E-state index in [1.54, 1.807) is 0 Å². The summed E-state index contributed by atoms with van der Waals surface area (Å²) in [6, 6.07) is 0. The third-order valence-corrected chi connectivity index (χ3v) is 4.39. The smallest absolute Gasteiger partial charge is 0.231 e. The molecule has 4 heteroatoms. The number of carbonyl (C=O) groups excluding carboxylic acids is 3. The van der Waals surface area contributed by atoms with E-state index in [2.05, 4.69) is 5.32 Å². The molecule has 15 heavy (non-hydrogen) atoms. The highest BCUT2D eigenvalue weighted by Crippen LogP contribution is 2.56. The Morgan fingerprint density at radius 2 is 2.00 bits per heavy atom. The molecular weight excluding hydrogens is 194 g/mol. The molecule has 3 aliphatic carbocycles. The molecule has 2 bridgehead atoms. The molecule has 0 aromatic heterocycles. The van der Waals surface area contributed by atoms with Crippen LogP contribution in [-0.2, 0) is 14.4 Å². The zero-order valence-electron chi connectivity index (χ0n) is 8.58. The van der Waals surface area contributed by atoms with E-state index in [1.807, 2.05) is 6.92 Å². The molecule has 0 aromatic carbocycles. The Morgan fingerprint density at radius 1 is 1.27 bits per heavy atom. The highest BCUT2D eigenvalue weighted by molar-refractivity contribution is 6.09. The standard InChI is InChI=1S/C11H13NO3/c1-11-3-2-5(6(13)4-11)7-8(11)10(15)12-9(7)14/h5,7-8H,2-4H2,1H3,(H,12,14,15). The van der Waals surface area contributed by atoms with Crippen LogP contribution in [0.5, 0.6) is 0 Å². The van der Waals surface area contributed by atoms with Gasteiger partial charge in [0.15, 0.2) is 0 Å². The maximum atomic E-state index is 11.8. The Bertz CT molecular complexity index is 389. The second-order valence-corrected chi connectivity index (χ2v) is 5.30. The first-order valence-electron chi connectivity index (χ1n) is 5.40. The van der Waals surface area contributed by atoms with Crippen LogP contribution in [-0.4, -0.2) is 17.6 Å². The zero-order valence-corrected chi connectivity index (χ0v) is 8.58. The van der Waals surface area contributed by atoms with Gasteiger partial charge < -0.3 is 0 Å². The Morgan fingerprint density at radius 3 is 2.67 bits per heavy atom. The summed E-state index contributed by atoms with van der Waals surface area (Å²) in [6.07, 6.45) is 2.14. The van der Waals surface area contributed by atoms with Gasteiger partial charge in [0.1, 0.15) is 5.78 Å². The van der Waals surface area contributed by atoms with Crippen LogP contribution >= 0.6 is 0 Å². The minimum Gasteiger partial charge on any atom is -0.299 e. The van der Waals surface area contributed by atoms with Gasteiger partial charge in [-0.05, 0) is 18.3 Å². The minimum atomic E-state index is -0.363. The first-order valence-corrected chi connectivity index (χ1v) is 5.40. The highest BCUT2D eigenvalue weighted by Gasteiger charge is 2.62. The van der Waals surface area contributed by atoms with Crippen LogP contribution < -0.4 is 5.32 Å². The molecule has 1 heterocycles. The lowest BCUT2D eigenvalue weighted by Crippen LogP contribution is -2.52. The summed E-state index contributed by atoms with van der Waals surface area (Å²) in [5, 5.41) is 2.38. The summed E-state index contributed by atoms with van der Waals surface area (Å²) in [5.41, 5.74) is -0.271. The van der Waals surface area contributed by atoms with Gasteiger partial charge in [-0.2, -0.15) is 0 Å². The SMILES string of the molecule is CC12CCC(C(=O)C1)C1C(=O)NC(=O)C12. The molecule has 2 amide bonds. The van der Waals surface area contributed by atoms with Crippen molar-refractivity contribution in [2.75, 3.05) is 0 Å². The summed E-state index contributed by atoms with van der Waals surface area (Å²) >= 11 is 0. The van der Waals surface area contributed by atoms with Crippen molar-refractivity contribution in [3.05, 3.63) is 0 Å². The quantitative estimate of drug-likeness (QED) is 0.580. The number of hydrogen-bond acceptors (Lipinski definition) is 3. The molecule has 4 aliphatic rings.